The van der Waals surface area contributed by atoms with Crippen LogP contribution in [-0.2, 0) is 4.79 Å². The standard InChI is InChI=1S/C29H32ClN3O3/c1-3-21(2)22-10-14-25(15-11-22)36-20-28(34)31-26-6-4-5-7-27(26)32-16-18-33(19-17-32)29(35)23-8-12-24(30)13-9-23/h4-15,21H,3,16-20H2,1-2H3,(H,31,34)/t21-/m1/s1. The molecule has 1 fully saturated rings. The molecule has 1 aliphatic heterocycles. The number of hydrogen-bond donors (Lipinski definition) is 1. The Morgan fingerprint density at radius 1 is 0.944 bits per heavy atom. The molecule has 1 saturated heterocycles. The summed E-state index contributed by atoms with van der Waals surface area (Å²) in [4.78, 5) is 29.5. The van der Waals surface area contributed by atoms with Gasteiger partial charge >= 0.3 is 0 Å². The average Bonchev–Trinajstić information content (AvgIpc) is 2.92. The van der Waals surface area contributed by atoms with Crippen LogP contribution in [-0.4, -0.2) is 49.5 Å². The van der Waals surface area contributed by atoms with Gasteiger partial charge < -0.3 is 19.9 Å². The summed E-state index contributed by atoms with van der Waals surface area (Å²) in [5.74, 6) is 0.954. The van der Waals surface area contributed by atoms with Crippen molar-refractivity contribution < 1.29 is 14.3 Å². The highest BCUT2D eigenvalue weighted by Crippen LogP contribution is 2.27. The van der Waals surface area contributed by atoms with Crippen molar-refractivity contribution in [2.75, 3.05) is 43.0 Å². The molecule has 188 valence electrons. The number of nitrogens with zero attached hydrogens (tertiary/aromatic N) is 2. The predicted molar refractivity (Wildman–Crippen MR) is 145 cm³/mol. The number of para-hydroxylation sites is 2. The molecule has 1 aliphatic rings. The zero-order valence-corrected chi connectivity index (χ0v) is 21.5. The Morgan fingerprint density at radius 3 is 2.28 bits per heavy atom. The van der Waals surface area contributed by atoms with E-state index in [4.69, 9.17) is 16.3 Å². The fourth-order valence-electron chi connectivity index (χ4n) is 4.24. The molecule has 3 aromatic rings. The number of carbonyl (C=O) groups is 2. The molecule has 0 bridgehead atoms. The highest BCUT2D eigenvalue weighted by Gasteiger charge is 2.24. The van der Waals surface area contributed by atoms with E-state index >= 15 is 0 Å². The van der Waals surface area contributed by atoms with Crippen molar-refractivity contribution in [1.29, 1.82) is 0 Å². The summed E-state index contributed by atoms with van der Waals surface area (Å²) in [6, 6.07) is 22.6. The smallest absolute Gasteiger partial charge is 0.262 e. The molecule has 0 saturated carbocycles. The quantitative estimate of drug-likeness (QED) is 0.418. The Morgan fingerprint density at radius 2 is 1.61 bits per heavy atom. The molecule has 0 spiro atoms. The van der Waals surface area contributed by atoms with E-state index in [0.717, 1.165) is 17.8 Å². The lowest BCUT2D eigenvalue weighted by atomic mass is 9.99. The SMILES string of the molecule is CC[C@@H](C)c1ccc(OCC(=O)Nc2ccccc2N2CCN(C(=O)c3ccc(Cl)cc3)CC2)cc1. The van der Waals surface area contributed by atoms with Gasteiger partial charge in [-0.3, -0.25) is 9.59 Å². The molecule has 2 amide bonds. The van der Waals surface area contributed by atoms with Gasteiger partial charge in [-0.05, 0) is 66.4 Å². The van der Waals surface area contributed by atoms with Crippen molar-refractivity contribution in [2.45, 2.75) is 26.2 Å². The second-order valence-corrected chi connectivity index (χ2v) is 9.45. The number of hydrogen-bond acceptors (Lipinski definition) is 4. The molecule has 1 atom stereocenters. The largest absolute Gasteiger partial charge is 0.484 e. The van der Waals surface area contributed by atoms with Gasteiger partial charge in [0.25, 0.3) is 11.8 Å². The Hall–Kier alpha value is -3.51. The molecule has 7 heteroatoms. The third-order valence-corrected chi connectivity index (χ3v) is 6.86. The number of halogens is 1. The first-order chi connectivity index (χ1) is 17.4. The third kappa shape index (κ3) is 6.38. The van der Waals surface area contributed by atoms with E-state index in [9.17, 15) is 9.59 Å². The molecule has 0 aromatic heterocycles. The molecule has 4 rings (SSSR count). The first-order valence-corrected chi connectivity index (χ1v) is 12.7. The number of amides is 2. The molecule has 0 aliphatic carbocycles. The Bertz CT molecular complexity index is 1170. The number of ether oxygens (including phenoxy) is 1. The monoisotopic (exact) mass is 505 g/mol. The van der Waals surface area contributed by atoms with Crippen LogP contribution in [0.4, 0.5) is 11.4 Å². The molecule has 1 N–H and O–H groups in total. The molecule has 1 heterocycles. The minimum absolute atomic E-state index is 0.00207. The van der Waals surface area contributed by atoms with Gasteiger partial charge in [-0.15, -0.1) is 0 Å². The van der Waals surface area contributed by atoms with Crippen LogP contribution >= 0.6 is 11.6 Å². The van der Waals surface area contributed by atoms with Crippen molar-refractivity contribution in [3.8, 4) is 5.75 Å². The zero-order valence-electron chi connectivity index (χ0n) is 20.7. The predicted octanol–water partition coefficient (Wildman–Crippen LogP) is 5.83. The van der Waals surface area contributed by atoms with Crippen LogP contribution < -0.4 is 15.0 Å². The number of anilines is 2. The first-order valence-electron chi connectivity index (χ1n) is 12.4. The van der Waals surface area contributed by atoms with E-state index in [1.165, 1.54) is 5.56 Å². The van der Waals surface area contributed by atoms with Crippen LogP contribution in [0.15, 0.2) is 72.8 Å². The van der Waals surface area contributed by atoms with E-state index in [1.54, 1.807) is 24.3 Å². The van der Waals surface area contributed by atoms with E-state index in [0.29, 0.717) is 48.4 Å². The molecule has 6 nitrogen and oxygen atoms in total. The lowest BCUT2D eigenvalue weighted by Crippen LogP contribution is -2.49. The number of rotatable bonds is 8. The van der Waals surface area contributed by atoms with Crippen LogP contribution in [0.1, 0.15) is 42.1 Å². The van der Waals surface area contributed by atoms with Crippen LogP contribution in [0, 0.1) is 0 Å². The lowest BCUT2D eigenvalue weighted by molar-refractivity contribution is -0.118. The topological polar surface area (TPSA) is 61.9 Å². The van der Waals surface area contributed by atoms with Crippen LogP contribution in [0.3, 0.4) is 0 Å². The average molecular weight is 506 g/mol. The molecule has 36 heavy (non-hydrogen) atoms. The maximum absolute atomic E-state index is 12.8. The van der Waals surface area contributed by atoms with Gasteiger partial charge in [0.2, 0.25) is 0 Å². The summed E-state index contributed by atoms with van der Waals surface area (Å²) in [6.45, 7) is 6.83. The fourth-order valence-corrected chi connectivity index (χ4v) is 4.37. The second kappa shape index (κ2) is 12.0. The van der Waals surface area contributed by atoms with Gasteiger partial charge in [-0.2, -0.15) is 0 Å². The number of piperazine rings is 1. The zero-order chi connectivity index (χ0) is 25.5. The van der Waals surface area contributed by atoms with E-state index in [1.807, 2.05) is 53.4 Å². The summed E-state index contributed by atoms with van der Waals surface area (Å²) in [6.07, 6.45) is 1.08. The fraction of sp³-hybridized carbons (Fsp3) is 0.310. The molecule has 0 unspecified atom stereocenters. The Balaban J connectivity index is 1.32. The van der Waals surface area contributed by atoms with Crippen LogP contribution in [0.5, 0.6) is 5.75 Å². The molecule has 0 radical (unpaired) electrons. The summed E-state index contributed by atoms with van der Waals surface area (Å²) in [7, 11) is 0. The Labute approximate surface area is 217 Å². The van der Waals surface area contributed by atoms with Gasteiger partial charge in [-0.1, -0.05) is 49.7 Å². The molecular formula is C29H32ClN3O3. The maximum Gasteiger partial charge on any atom is 0.262 e. The van der Waals surface area contributed by atoms with Crippen molar-refractivity contribution in [3.63, 3.8) is 0 Å². The van der Waals surface area contributed by atoms with Gasteiger partial charge in [-0.25, -0.2) is 0 Å². The molecule has 3 aromatic carbocycles. The minimum atomic E-state index is -0.218. The summed E-state index contributed by atoms with van der Waals surface area (Å²) in [5, 5.41) is 3.59. The third-order valence-electron chi connectivity index (χ3n) is 6.61. The first kappa shape index (κ1) is 25.6. The van der Waals surface area contributed by atoms with Crippen LogP contribution in [0.25, 0.3) is 0 Å². The van der Waals surface area contributed by atoms with Crippen LogP contribution in [0.2, 0.25) is 5.02 Å². The highest BCUT2D eigenvalue weighted by molar-refractivity contribution is 6.30. The van der Waals surface area contributed by atoms with E-state index in [-0.39, 0.29) is 18.4 Å². The number of nitrogens with one attached hydrogen (secondary N) is 1. The van der Waals surface area contributed by atoms with Crippen molar-refractivity contribution in [2.24, 2.45) is 0 Å². The van der Waals surface area contributed by atoms with Crippen molar-refractivity contribution in [3.05, 3.63) is 88.9 Å². The lowest BCUT2D eigenvalue weighted by Gasteiger charge is -2.37. The number of benzene rings is 3. The minimum Gasteiger partial charge on any atom is -0.484 e. The Kier molecular flexibility index (Phi) is 8.49. The normalized spacial score (nSPS) is 14.3. The highest BCUT2D eigenvalue weighted by atomic mass is 35.5. The maximum atomic E-state index is 12.8. The van der Waals surface area contributed by atoms with Gasteiger partial charge in [0.1, 0.15) is 5.75 Å². The van der Waals surface area contributed by atoms with Gasteiger partial charge in [0.05, 0.1) is 11.4 Å². The number of carbonyl (C=O) groups excluding carboxylic acids is 2. The van der Waals surface area contributed by atoms with Gasteiger partial charge in [0, 0.05) is 36.8 Å². The van der Waals surface area contributed by atoms with E-state index < -0.39 is 0 Å². The molecular weight excluding hydrogens is 474 g/mol. The second-order valence-electron chi connectivity index (χ2n) is 9.02. The van der Waals surface area contributed by atoms with Gasteiger partial charge in [0.15, 0.2) is 6.61 Å². The van der Waals surface area contributed by atoms with Crippen molar-refractivity contribution in [1.82, 2.24) is 4.90 Å². The summed E-state index contributed by atoms with van der Waals surface area (Å²) in [5.41, 5.74) is 3.56. The van der Waals surface area contributed by atoms with E-state index in [2.05, 4.69) is 24.1 Å². The van der Waals surface area contributed by atoms with Crippen molar-refractivity contribution >= 4 is 34.8 Å². The summed E-state index contributed by atoms with van der Waals surface area (Å²) < 4.78 is 5.71. The summed E-state index contributed by atoms with van der Waals surface area (Å²) >= 11 is 5.94.